The second kappa shape index (κ2) is 8.73. The number of piperazine rings is 1. The Morgan fingerprint density at radius 1 is 0.966 bits per heavy atom. The quantitative estimate of drug-likeness (QED) is 0.553. The molecule has 0 spiro atoms. The summed E-state index contributed by atoms with van der Waals surface area (Å²) in [5.74, 6) is 2.38. The van der Waals surface area contributed by atoms with Crippen LogP contribution in [-0.4, -0.2) is 51.9 Å². The SMILES string of the molecule is Cc1ccnc(Nc2cc(N3CCN(C(=O)c4ccc(I)cc4)CC3)ncn2)c1. The molecule has 1 amide bonds. The first-order valence-corrected chi connectivity index (χ1v) is 10.5. The highest BCUT2D eigenvalue weighted by atomic mass is 127. The highest BCUT2D eigenvalue weighted by Crippen LogP contribution is 2.20. The standard InChI is InChI=1S/C21H21IN6O/c1-15-6-7-23-18(12-15)26-19-13-20(25-14-24-19)27-8-10-28(11-9-27)21(29)16-2-4-17(22)5-3-16/h2-7,12-14H,8-11H2,1H3,(H,23,24,25,26). The van der Waals surface area contributed by atoms with Gasteiger partial charge in [0.1, 0.15) is 23.8 Å². The topological polar surface area (TPSA) is 74.2 Å². The highest BCUT2D eigenvalue weighted by Gasteiger charge is 2.23. The Morgan fingerprint density at radius 2 is 1.69 bits per heavy atom. The number of pyridine rings is 1. The first-order valence-electron chi connectivity index (χ1n) is 9.40. The number of halogens is 1. The van der Waals surface area contributed by atoms with Gasteiger partial charge in [-0.1, -0.05) is 0 Å². The third kappa shape index (κ3) is 4.81. The summed E-state index contributed by atoms with van der Waals surface area (Å²) in [7, 11) is 0. The van der Waals surface area contributed by atoms with Crippen molar-refractivity contribution in [2.24, 2.45) is 0 Å². The minimum Gasteiger partial charge on any atom is -0.353 e. The van der Waals surface area contributed by atoms with Crippen LogP contribution in [0, 0.1) is 10.5 Å². The Morgan fingerprint density at radius 3 is 2.41 bits per heavy atom. The summed E-state index contributed by atoms with van der Waals surface area (Å²) in [6.07, 6.45) is 3.32. The van der Waals surface area contributed by atoms with Gasteiger partial charge in [-0.25, -0.2) is 15.0 Å². The van der Waals surface area contributed by atoms with Crippen molar-refractivity contribution in [1.82, 2.24) is 19.9 Å². The fraction of sp³-hybridized carbons (Fsp3) is 0.238. The maximum absolute atomic E-state index is 12.7. The number of rotatable bonds is 4. The van der Waals surface area contributed by atoms with Crippen LogP contribution < -0.4 is 10.2 Å². The minimum absolute atomic E-state index is 0.0802. The first-order chi connectivity index (χ1) is 14.1. The summed E-state index contributed by atoms with van der Waals surface area (Å²) in [4.78, 5) is 29.8. The summed E-state index contributed by atoms with van der Waals surface area (Å²) in [5.41, 5.74) is 1.86. The number of nitrogens with one attached hydrogen (secondary N) is 1. The fourth-order valence-electron chi connectivity index (χ4n) is 3.24. The summed E-state index contributed by atoms with van der Waals surface area (Å²) in [5, 5.41) is 3.22. The van der Waals surface area contributed by atoms with Gasteiger partial charge in [0, 0.05) is 47.6 Å². The number of carbonyl (C=O) groups excluding carboxylic acids is 1. The Labute approximate surface area is 183 Å². The number of hydrogen-bond donors (Lipinski definition) is 1. The lowest BCUT2D eigenvalue weighted by Gasteiger charge is -2.35. The third-order valence-corrected chi connectivity index (χ3v) is 5.53. The Kier molecular flexibility index (Phi) is 5.89. The van der Waals surface area contributed by atoms with Crippen molar-refractivity contribution in [2.45, 2.75) is 6.92 Å². The van der Waals surface area contributed by atoms with Crippen LogP contribution in [0.15, 0.2) is 55.0 Å². The van der Waals surface area contributed by atoms with Gasteiger partial charge in [0.05, 0.1) is 0 Å². The normalized spacial score (nSPS) is 14.0. The van der Waals surface area contributed by atoms with Crippen LogP contribution >= 0.6 is 22.6 Å². The molecule has 1 aliphatic rings. The number of aromatic nitrogens is 3. The molecule has 3 aromatic rings. The number of hydrogen-bond acceptors (Lipinski definition) is 6. The molecule has 0 saturated carbocycles. The largest absolute Gasteiger partial charge is 0.353 e. The second-order valence-corrected chi connectivity index (χ2v) is 8.14. The molecule has 7 nitrogen and oxygen atoms in total. The van der Waals surface area contributed by atoms with E-state index in [1.165, 1.54) is 0 Å². The Hall–Kier alpha value is -2.75. The summed E-state index contributed by atoms with van der Waals surface area (Å²) < 4.78 is 1.12. The van der Waals surface area contributed by atoms with Crippen molar-refractivity contribution in [1.29, 1.82) is 0 Å². The lowest BCUT2D eigenvalue weighted by atomic mass is 10.2. The van der Waals surface area contributed by atoms with Gasteiger partial charge in [0.25, 0.3) is 5.91 Å². The number of aryl methyl sites for hydroxylation is 1. The molecule has 1 aliphatic heterocycles. The van der Waals surface area contributed by atoms with E-state index in [1.807, 2.05) is 54.3 Å². The molecule has 8 heteroatoms. The number of benzene rings is 1. The van der Waals surface area contributed by atoms with Crippen molar-refractivity contribution in [3.63, 3.8) is 0 Å². The van der Waals surface area contributed by atoms with Gasteiger partial charge >= 0.3 is 0 Å². The van der Waals surface area contributed by atoms with Crippen LogP contribution in [0.3, 0.4) is 0 Å². The van der Waals surface area contributed by atoms with Crippen LogP contribution in [0.5, 0.6) is 0 Å². The van der Waals surface area contributed by atoms with E-state index in [9.17, 15) is 4.79 Å². The molecule has 0 bridgehead atoms. The van der Waals surface area contributed by atoms with Gasteiger partial charge in [-0.15, -0.1) is 0 Å². The Balaban J connectivity index is 1.39. The van der Waals surface area contributed by atoms with Gasteiger partial charge in [-0.2, -0.15) is 0 Å². The molecule has 0 aliphatic carbocycles. The van der Waals surface area contributed by atoms with Gasteiger partial charge in [0.2, 0.25) is 0 Å². The zero-order valence-electron chi connectivity index (χ0n) is 16.0. The molecule has 0 unspecified atom stereocenters. The number of anilines is 3. The molecule has 1 fully saturated rings. The van der Waals surface area contributed by atoms with Crippen molar-refractivity contribution < 1.29 is 4.79 Å². The van der Waals surface area contributed by atoms with E-state index in [0.717, 1.165) is 39.4 Å². The van der Waals surface area contributed by atoms with Crippen molar-refractivity contribution in [2.75, 3.05) is 36.4 Å². The van der Waals surface area contributed by atoms with E-state index in [4.69, 9.17) is 0 Å². The smallest absolute Gasteiger partial charge is 0.253 e. The molecule has 148 valence electrons. The zero-order valence-corrected chi connectivity index (χ0v) is 18.2. The summed E-state index contributed by atoms with van der Waals surface area (Å²) >= 11 is 2.24. The molecule has 1 N–H and O–H groups in total. The maximum atomic E-state index is 12.7. The summed E-state index contributed by atoms with van der Waals surface area (Å²) in [6, 6.07) is 13.5. The summed E-state index contributed by atoms with van der Waals surface area (Å²) in [6.45, 7) is 4.81. The van der Waals surface area contributed by atoms with Gasteiger partial charge in [0.15, 0.2) is 0 Å². The molecular formula is C21H21IN6O. The van der Waals surface area contributed by atoms with Gasteiger partial charge < -0.3 is 15.1 Å². The average Bonchev–Trinajstić information content (AvgIpc) is 2.74. The minimum atomic E-state index is 0.0802. The molecule has 0 atom stereocenters. The van der Waals surface area contributed by atoms with Crippen LogP contribution in [0.1, 0.15) is 15.9 Å². The van der Waals surface area contributed by atoms with Crippen LogP contribution in [0.25, 0.3) is 0 Å². The Bertz CT molecular complexity index is 1000. The van der Waals surface area contributed by atoms with Crippen LogP contribution in [-0.2, 0) is 0 Å². The zero-order chi connectivity index (χ0) is 20.2. The average molecular weight is 500 g/mol. The second-order valence-electron chi connectivity index (χ2n) is 6.89. The molecule has 1 aromatic carbocycles. The molecule has 4 rings (SSSR count). The van der Waals surface area contributed by atoms with E-state index >= 15 is 0 Å². The van der Waals surface area contributed by atoms with E-state index in [1.54, 1.807) is 12.5 Å². The van der Waals surface area contributed by atoms with Crippen LogP contribution in [0.4, 0.5) is 17.5 Å². The van der Waals surface area contributed by atoms with E-state index < -0.39 is 0 Å². The van der Waals surface area contributed by atoms with Gasteiger partial charge in [-0.3, -0.25) is 4.79 Å². The first kappa shape index (κ1) is 19.6. The fourth-order valence-corrected chi connectivity index (χ4v) is 3.60. The monoisotopic (exact) mass is 500 g/mol. The predicted octanol–water partition coefficient (Wildman–Crippen LogP) is 3.49. The molecule has 3 heterocycles. The van der Waals surface area contributed by atoms with E-state index in [2.05, 4.69) is 47.8 Å². The predicted molar refractivity (Wildman–Crippen MR) is 122 cm³/mol. The van der Waals surface area contributed by atoms with Crippen molar-refractivity contribution in [3.05, 3.63) is 69.7 Å². The van der Waals surface area contributed by atoms with Crippen molar-refractivity contribution in [3.8, 4) is 0 Å². The van der Waals surface area contributed by atoms with E-state index in [-0.39, 0.29) is 5.91 Å². The van der Waals surface area contributed by atoms with Crippen LogP contribution in [0.2, 0.25) is 0 Å². The van der Waals surface area contributed by atoms with Crippen molar-refractivity contribution >= 4 is 46.0 Å². The molecule has 2 aromatic heterocycles. The molecule has 29 heavy (non-hydrogen) atoms. The molecule has 1 saturated heterocycles. The number of nitrogens with zero attached hydrogens (tertiary/aromatic N) is 5. The maximum Gasteiger partial charge on any atom is 0.253 e. The number of carbonyl (C=O) groups is 1. The van der Waals surface area contributed by atoms with E-state index in [0.29, 0.717) is 18.9 Å². The number of amides is 1. The van der Waals surface area contributed by atoms with Gasteiger partial charge in [-0.05, 0) is 71.5 Å². The molecular weight excluding hydrogens is 479 g/mol. The third-order valence-electron chi connectivity index (χ3n) is 4.81. The highest BCUT2D eigenvalue weighted by molar-refractivity contribution is 14.1. The molecule has 0 radical (unpaired) electrons. The lowest BCUT2D eigenvalue weighted by molar-refractivity contribution is 0.0746. The lowest BCUT2D eigenvalue weighted by Crippen LogP contribution is -2.49.